The van der Waals surface area contributed by atoms with Crippen LogP contribution in [0.5, 0.6) is 0 Å². The Balaban J connectivity index is 2.75. The molecule has 1 aliphatic rings. The number of hydrogen-bond donors (Lipinski definition) is 0. The first kappa shape index (κ1) is 14.2. The first-order valence-corrected chi connectivity index (χ1v) is 8.19. The number of rotatable bonds is 7. The SMILES string of the molecule is CC(C)O[Si](OC(C)C)(OC(C)C)C1CC1. The molecule has 0 heterocycles. The summed E-state index contributed by atoms with van der Waals surface area (Å²) >= 11 is 0. The average molecular weight is 246 g/mol. The van der Waals surface area contributed by atoms with Crippen molar-refractivity contribution >= 4 is 8.80 Å². The Morgan fingerprint density at radius 3 is 1.25 bits per heavy atom. The predicted octanol–water partition coefficient (Wildman–Crippen LogP) is 3.36. The summed E-state index contributed by atoms with van der Waals surface area (Å²) in [4.78, 5) is 0. The third-order valence-electron chi connectivity index (χ3n) is 2.28. The fraction of sp³-hybridized carbons (Fsp3) is 1.00. The number of hydrogen-bond acceptors (Lipinski definition) is 3. The second-order valence-corrected chi connectivity index (χ2v) is 8.11. The van der Waals surface area contributed by atoms with Gasteiger partial charge in [0.2, 0.25) is 0 Å². The zero-order valence-corrected chi connectivity index (χ0v) is 12.4. The summed E-state index contributed by atoms with van der Waals surface area (Å²) in [5.74, 6) is 0. The highest BCUT2D eigenvalue weighted by Gasteiger charge is 2.56. The highest BCUT2D eigenvalue weighted by atomic mass is 28.4. The van der Waals surface area contributed by atoms with Crippen LogP contribution in [0.2, 0.25) is 5.54 Å². The van der Waals surface area contributed by atoms with Gasteiger partial charge in [-0.3, -0.25) is 0 Å². The molecule has 0 aromatic heterocycles. The summed E-state index contributed by atoms with van der Waals surface area (Å²) in [6.07, 6.45) is 2.90. The Kier molecular flexibility index (Phi) is 4.98. The van der Waals surface area contributed by atoms with Crippen molar-refractivity contribution in [1.29, 1.82) is 0 Å². The van der Waals surface area contributed by atoms with Gasteiger partial charge in [-0.1, -0.05) is 0 Å². The van der Waals surface area contributed by atoms with Crippen LogP contribution in [0.1, 0.15) is 54.4 Å². The van der Waals surface area contributed by atoms with E-state index in [0.29, 0.717) is 5.54 Å². The van der Waals surface area contributed by atoms with E-state index in [1.807, 2.05) is 0 Å². The topological polar surface area (TPSA) is 27.7 Å². The average Bonchev–Trinajstić information content (AvgIpc) is 2.79. The van der Waals surface area contributed by atoms with Crippen LogP contribution in [0.25, 0.3) is 0 Å². The summed E-state index contributed by atoms with van der Waals surface area (Å²) < 4.78 is 18.2. The molecule has 1 rings (SSSR count). The Bertz CT molecular complexity index is 186. The van der Waals surface area contributed by atoms with Gasteiger partial charge in [-0.2, -0.15) is 0 Å². The third kappa shape index (κ3) is 4.16. The summed E-state index contributed by atoms with van der Waals surface area (Å²) in [6.45, 7) is 12.3. The van der Waals surface area contributed by atoms with E-state index in [9.17, 15) is 0 Å². The molecule has 0 bridgehead atoms. The second kappa shape index (κ2) is 5.62. The lowest BCUT2D eigenvalue weighted by molar-refractivity contribution is 0.00161. The first-order chi connectivity index (χ1) is 7.35. The predicted molar refractivity (Wildman–Crippen MR) is 67.4 cm³/mol. The van der Waals surface area contributed by atoms with Gasteiger partial charge in [-0.25, -0.2) is 0 Å². The molecule has 16 heavy (non-hydrogen) atoms. The highest BCUT2D eigenvalue weighted by Crippen LogP contribution is 2.48. The molecule has 0 radical (unpaired) electrons. The van der Waals surface area contributed by atoms with E-state index in [1.165, 1.54) is 12.8 Å². The molecule has 0 unspecified atom stereocenters. The zero-order chi connectivity index (χ0) is 12.3. The Labute approximate surface area is 101 Å². The fourth-order valence-corrected chi connectivity index (χ4v) is 5.38. The summed E-state index contributed by atoms with van der Waals surface area (Å²) in [5, 5.41) is 0. The van der Waals surface area contributed by atoms with Crippen molar-refractivity contribution in [2.45, 2.75) is 78.2 Å². The van der Waals surface area contributed by atoms with E-state index in [0.717, 1.165) is 0 Å². The van der Waals surface area contributed by atoms with Crippen LogP contribution in [0.15, 0.2) is 0 Å². The van der Waals surface area contributed by atoms with Crippen LogP contribution in [-0.4, -0.2) is 27.1 Å². The molecule has 96 valence electrons. The highest BCUT2D eigenvalue weighted by molar-refractivity contribution is 6.63. The summed E-state index contributed by atoms with van der Waals surface area (Å²) in [6, 6.07) is 0. The van der Waals surface area contributed by atoms with Gasteiger partial charge in [0.25, 0.3) is 0 Å². The quantitative estimate of drug-likeness (QED) is 0.645. The maximum Gasteiger partial charge on any atom is 0.504 e. The monoisotopic (exact) mass is 246 g/mol. The van der Waals surface area contributed by atoms with Crippen molar-refractivity contribution in [3.8, 4) is 0 Å². The van der Waals surface area contributed by atoms with Gasteiger partial charge in [-0.05, 0) is 54.4 Å². The molecule has 0 spiro atoms. The molecule has 1 saturated carbocycles. The maximum atomic E-state index is 6.08. The van der Waals surface area contributed by atoms with E-state index in [2.05, 4.69) is 41.5 Å². The van der Waals surface area contributed by atoms with Crippen molar-refractivity contribution in [2.24, 2.45) is 0 Å². The van der Waals surface area contributed by atoms with E-state index < -0.39 is 8.80 Å². The van der Waals surface area contributed by atoms with Crippen LogP contribution in [-0.2, 0) is 13.3 Å². The molecule has 1 fully saturated rings. The van der Waals surface area contributed by atoms with Gasteiger partial charge in [0.05, 0.1) is 0 Å². The van der Waals surface area contributed by atoms with E-state index in [4.69, 9.17) is 13.3 Å². The summed E-state index contributed by atoms with van der Waals surface area (Å²) in [5.41, 5.74) is 0.527. The molecule has 3 nitrogen and oxygen atoms in total. The largest absolute Gasteiger partial charge is 0.504 e. The summed E-state index contributed by atoms with van der Waals surface area (Å²) in [7, 11) is -2.45. The molecule has 4 heteroatoms. The Morgan fingerprint density at radius 1 is 0.750 bits per heavy atom. The second-order valence-electron chi connectivity index (χ2n) is 5.38. The van der Waals surface area contributed by atoms with Crippen LogP contribution in [0.4, 0.5) is 0 Å². The maximum absolute atomic E-state index is 6.08. The molecule has 0 aliphatic heterocycles. The van der Waals surface area contributed by atoms with Crippen molar-refractivity contribution in [3.63, 3.8) is 0 Å². The van der Waals surface area contributed by atoms with Gasteiger partial charge < -0.3 is 13.3 Å². The normalized spacial score (nSPS) is 17.8. The van der Waals surface area contributed by atoms with E-state index in [-0.39, 0.29) is 18.3 Å². The fourth-order valence-electron chi connectivity index (χ4n) is 1.79. The zero-order valence-electron chi connectivity index (χ0n) is 11.4. The van der Waals surface area contributed by atoms with Crippen LogP contribution >= 0.6 is 0 Å². The molecule has 0 atom stereocenters. The molecular weight excluding hydrogens is 220 g/mol. The van der Waals surface area contributed by atoms with E-state index in [1.54, 1.807) is 0 Å². The van der Waals surface area contributed by atoms with Crippen molar-refractivity contribution in [2.75, 3.05) is 0 Å². The molecule has 0 saturated heterocycles. The van der Waals surface area contributed by atoms with Crippen LogP contribution < -0.4 is 0 Å². The molecule has 0 N–H and O–H groups in total. The molecule has 1 aliphatic carbocycles. The van der Waals surface area contributed by atoms with Gasteiger partial charge in [0.15, 0.2) is 0 Å². The molecular formula is C12H26O3Si. The molecule has 0 amide bonds. The minimum atomic E-state index is -2.45. The van der Waals surface area contributed by atoms with Gasteiger partial charge in [0.1, 0.15) is 0 Å². The minimum absolute atomic E-state index is 0.171. The molecule has 0 aromatic carbocycles. The molecule has 0 aromatic rings. The standard InChI is InChI=1S/C12H26O3Si/c1-9(2)13-16(12-7-8-12,14-10(3)4)15-11(5)6/h9-12H,7-8H2,1-6H3. The van der Waals surface area contributed by atoms with Crippen LogP contribution in [0, 0.1) is 0 Å². The van der Waals surface area contributed by atoms with Gasteiger partial charge in [-0.15, -0.1) is 0 Å². The van der Waals surface area contributed by atoms with Crippen molar-refractivity contribution < 1.29 is 13.3 Å². The minimum Gasteiger partial charge on any atom is -0.371 e. The van der Waals surface area contributed by atoms with Crippen LogP contribution in [0.3, 0.4) is 0 Å². The third-order valence-corrected chi connectivity index (χ3v) is 6.25. The first-order valence-electron chi connectivity index (χ1n) is 6.39. The van der Waals surface area contributed by atoms with Crippen molar-refractivity contribution in [3.05, 3.63) is 0 Å². The Hall–Kier alpha value is 0.0969. The van der Waals surface area contributed by atoms with E-state index >= 15 is 0 Å². The lowest BCUT2D eigenvalue weighted by Gasteiger charge is -2.34. The lowest BCUT2D eigenvalue weighted by atomic mass is 10.5. The Morgan fingerprint density at radius 2 is 1.06 bits per heavy atom. The van der Waals surface area contributed by atoms with Gasteiger partial charge in [0, 0.05) is 23.9 Å². The van der Waals surface area contributed by atoms with Gasteiger partial charge >= 0.3 is 8.80 Å². The van der Waals surface area contributed by atoms with Crippen molar-refractivity contribution in [1.82, 2.24) is 0 Å². The smallest absolute Gasteiger partial charge is 0.371 e. The lowest BCUT2D eigenvalue weighted by Crippen LogP contribution is -2.51.